The maximum Gasteiger partial charge on any atom is 0.261 e. The second kappa shape index (κ2) is 9.65. The maximum atomic E-state index is 13.0. The molecule has 3 heterocycles. The Hall–Kier alpha value is -3.46. The molecule has 0 atom stereocenters. The van der Waals surface area contributed by atoms with Gasteiger partial charge in [-0.25, -0.2) is 8.42 Å². The van der Waals surface area contributed by atoms with E-state index in [1.54, 1.807) is 35.2 Å². The smallest absolute Gasteiger partial charge is 0.261 e. The summed E-state index contributed by atoms with van der Waals surface area (Å²) in [5, 5.41) is 8.77. The highest BCUT2D eigenvalue weighted by molar-refractivity contribution is 7.92. The van der Waals surface area contributed by atoms with Gasteiger partial charge in [0.15, 0.2) is 5.82 Å². The first kappa shape index (κ1) is 23.3. The third-order valence-electron chi connectivity index (χ3n) is 6.62. The lowest BCUT2D eigenvalue weighted by molar-refractivity contribution is -0.116. The molecule has 5 rings (SSSR count). The van der Waals surface area contributed by atoms with Gasteiger partial charge in [-0.1, -0.05) is 12.1 Å². The summed E-state index contributed by atoms with van der Waals surface area (Å²) in [5.74, 6) is 0.861. The first-order valence-corrected chi connectivity index (χ1v) is 13.5. The van der Waals surface area contributed by atoms with Crippen LogP contribution in [0.25, 0.3) is 11.3 Å². The Morgan fingerprint density at radius 2 is 1.66 bits per heavy atom. The van der Waals surface area contributed by atoms with Gasteiger partial charge in [0.25, 0.3) is 10.0 Å². The Kier molecular flexibility index (Phi) is 6.42. The molecule has 2 aliphatic heterocycles. The Morgan fingerprint density at radius 3 is 2.34 bits per heavy atom. The molecule has 1 fully saturated rings. The van der Waals surface area contributed by atoms with Gasteiger partial charge in [-0.3, -0.25) is 9.52 Å². The zero-order valence-electron chi connectivity index (χ0n) is 19.8. The van der Waals surface area contributed by atoms with Crippen LogP contribution in [0.4, 0.5) is 17.2 Å². The van der Waals surface area contributed by atoms with Crippen LogP contribution in [0.3, 0.4) is 0 Å². The normalized spacial score (nSPS) is 16.0. The maximum absolute atomic E-state index is 13.0. The molecule has 1 saturated heterocycles. The van der Waals surface area contributed by atoms with E-state index in [9.17, 15) is 13.2 Å². The SMILES string of the molecule is CC(=O)N1CCCc2cc(S(=O)(=O)Nc3ccc(-c4ccc(N5CCCCC5)nn4)cc3)ccc21. The second-order valence-corrected chi connectivity index (χ2v) is 10.8. The third-order valence-corrected chi connectivity index (χ3v) is 8.00. The molecule has 8 nitrogen and oxygen atoms in total. The van der Waals surface area contributed by atoms with Crippen LogP contribution in [0.15, 0.2) is 59.5 Å². The lowest BCUT2D eigenvalue weighted by Crippen LogP contribution is -2.33. The van der Waals surface area contributed by atoms with Crippen LogP contribution in [-0.4, -0.2) is 44.2 Å². The summed E-state index contributed by atoms with van der Waals surface area (Å²) in [4.78, 5) is 16.0. The Bertz CT molecular complexity index is 1320. The third kappa shape index (κ3) is 5.00. The van der Waals surface area contributed by atoms with Crippen molar-refractivity contribution in [3.05, 3.63) is 60.2 Å². The van der Waals surface area contributed by atoms with Crippen molar-refractivity contribution in [2.45, 2.75) is 43.9 Å². The minimum Gasteiger partial charge on any atom is -0.355 e. The first-order chi connectivity index (χ1) is 16.9. The predicted molar refractivity (Wildman–Crippen MR) is 137 cm³/mol. The quantitative estimate of drug-likeness (QED) is 0.574. The predicted octanol–water partition coefficient (Wildman–Crippen LogP) is 4.23. The molecule has 0 aliphatic carbocycles. The number of hydrogen-bond donors (Lipinski definition) is 1. The number of benzene rings is 2. The van der Waals surface area contributed by atoms with E-state index in [1.165, 1.54) is 26.2 Å². The average Bonchev–Trinajstić information content (AvgIpc) is 2.89. The largest absolute Gasteiger partial charge is 0.355 e. The molecular formula is C26H29N5O3S. The van der Waals surface area contributed by atoms with Crippen molar-refractivity contribution in [1.29, 1.82) is 0 Å². The number of amides is 1. The number of sulfonamides is 1. The highest BCUT2D eigenvalue weighted by Gasteiger charge is 2.23. The fourth-order valence-electron chi connectivity index (χ4n) is 4.76. The number of aromatic nitrogens is 2. The number of carbonyl (C=O) groups excluding carboxylic acids is 1. The molecule has 0 spiro atoms. The van der Waals surface area contributed by atoms with E-state index >= 15 is 0 Å². The van der Waals surface area contributed by atoms with Gasteiger partial charge >= 0.3 is 0 Å². The zero-order valence-corrected chi connectivity index (χ0v) is 20.6. The standard InChI is InChI=1S/C26H29N5O3S/c1-19(32)31-17-5-6-21-18-23(11-13-25(21)31)35(33,34)29-22-9-7-20(8-10-22)24-12-14-26(28-27-24)30-15-3-2-4-16-30/h7-14,18,29H,2-6,15-17H2,1H3. The van der Waals surface area contributed by atoms with Crippen molar-refractivity contribution >= 4 is 33.1 Å². The summed E-state index contributed by atoms with van der Waals surface area (Å²) < 4.78 is 28.7. The van der Waals surface area contributed by atoms with Crippen LogP contribution in [0, 0.1) is 0 Å². The number of fused-ring (bicyclic) bond motifs is 1. The molecule has 0 unspecified atom stereocenters. The number of nitrogens with zero attached hydrogens (tertiary/aromatic N) is 4. The minimum absolute atomic E-state index is 0.0365. The van der Waals surface area contributed by atoms with Crippen molar-refractivity contribution < 1.29 is 13.2 Å². The molecule has 0 saturated carbocycles. The van der Waals surface area contributed by atoms with Gasteiger partial charge in [-0.15, -0.1) is 10.2 Å². The van der Waals surface area contributed by atoms with Crippen molar-refractivity contribution in [2.75, 3.05) is 34.2 Å². The lowest BCUT2D eigenvalue weighted by Gasteiger charge is -2.28. The van der Waals surface area contributed by atoms with Crippen molar-refractivity contribution in [3.63, 3.8) is 0 Å². The van der Waals surface area contributed by atoms with Gasteiger partial charge in [0.2, 0.25) is 5.91 Å². The Morgan fingerprint density at radius 1 is 0.886 bits per heavy atom. The van der Waals surface area contributed by atoms with Gasteiger partial charge in [0.1, 0.15) is 0 Å². The number of piperidine rings is 1. The van der Waals surface area contributed by atoms with Crippen LogP contribution in [-0.2, 0) is 21.2 Å². The molecule has 2 aromatic carbocycles. The molecule has 0 radical (unpaired) electrons. The van der Waals surface area contributed by atoms with E-state index in [0.717, 1.165) is 54.3 Å². The van der Waals surface area contributed by atoms with E-state index in [0.29, 0.717) is 12.2 Å². The summed E-state index contributed by atoms with van der Waals surface area (Å²) in [5.41, 5.74) is 3.74. The molecule has 1 aromatic heterocycles. The van der Waals surface area contributed by atoms with E-state index in [-0.39, 0.29) is 10.8 Å². The van der Waals surface area contributed by atoms with E-state index in [4.69, 9.17) is 0 Å². The number of nitrogens with one attached hydrogen (secondary N) is 1. The van der Waals surface area contributed by atoms with Crippen molar-refractivity contribution in [3.8, 4) is 11.3 Å². The summed E-state index contributed by atoms with van der Waals surface area (Å²) >= 11 is 0. The number of rotatable bonds is 5. The molecule has 35 heavy (non-hydrogen) atoms. The van der Waals surface area contributed by atoms with E-state index in [2.05, 4.69) is 19.8 Å². The van der Waals surface area contributed by atoms with Gasteiger partial charge in [0.05, 0.1) is 10.6 Å². The van der Waals surface area contributed by atoms with Crippen LogP contribution < -0.4 is 14.5 Å². The highest BCUT2D eigenvalue weighted by Crippen LogP contribution is 2.30. The van der Waals surface area contributed by atoms with E-state index in [1.807, 2.05) is 24.3 Å². The van der Waals surface area contributed by atoms with Crippen molar-refractivity contribution in [1.82, 2.24) is 10.2 Å². The van der Waals surface area contributed by atoms with E-state index < -0.39 is 10.0 Å². The summed E-state index contributed by atoms with van der Waals surface area (Å²) in [6.45, 7) is 4.22. The second-order valence-electron chi connectivity index (χ2n) is 9.07. The first-order valence-electron chi connectivity index (χ1n) is 12.0. The van der Waals surface area contributed by atoms with Gasteiger partial charge < -0.3 is 9.80 Å². The molecule has 1 amide bonds. The average molecular weight is 492 g/mol. The topological polar surface area (TPSA) is 95.5 Å². The molecule has 182 valence electrons. The van der Waals surface area contributed by atoms with Crippen LogP contribution in [0.5, 0.6) is 0 Å². The number of anilines is 3. The molecule has 9 heteroatoms. The van der Waals surface area contributed by atoms with Gasteiger partial charge in [-0.05, 0) is 80.1 Å². The van der Waals surface area contributed by atoms with Crippen LogP contribution >= 0.6 is 0 Å². The number of carbonyl (C=O) groups is 1. The molecular weight excluding hydrogens is 462 g/mol. The Labute approximate surface area is 206 Å². The summed E-state index contributed by atoms with van der Waals surface area (Å²) in [7, 11) is -3.77. The Balaban J connectivity index is 1.30. The molecule has 3 aromatic rings. The van der Waals surface area contributed by atoms with Crippen molar-refractivity contribution in [2.24, 2.45) is 0 Å². The van der Waals surface area contributed by atoms with Gasteiger partial charge in [-0.2, -0.15) is 0 Å². The number of aryl methyl sites for hydroxylation is 1. The zero-order chi connectivity index (χ0) is 24.4. The molecule has 1 N–H and O–H groups in total. The fraction of sp³-hybridized carbons (Fsp3) is 0.346. The van der Waals surface area contributed by atoms with Gasteiger partial charge in [0, 0.05) is 43.5 Å². The molecule has 0 bridgehead atoms. The van der Waals surface area contributed by atoms with Crippen LogP contribution in [0.1, 0.15) is 38.2 Å². The fourth-order valence-corrected chi connectivity index (χ4v) is 5.87. The number of hydrogen-bond acceptors (Lipinski definition) is 6. The molecule has 2 aliphatic rings. The lowest BCUT2D eigenvalue weighted by atomic mass is 10.0. The minimum atomic E-state index is -3.77. The summed E-state index contributed by atoms with van der Waals surface area (Å²) in [6.07, 6.45) is 5.19. The monoisotopic (exact) mass is 491 g/mol. The van der Waals surface area contributed by atoms with Crippen LogP contribution in [0.2, 0.25) is 0 Å². The highest BCUT2D eigenvalue weighted by atomic mass is 32.2. The summed E-state index contributed by atoms with van der Waals surface area (Å²) in [6, 6.07) is 16.0.